The molecule has 0 aromatic heterocycles. The maximum absolute atomic E-state index is 13.0. The number of nitrogens with zero attached hydrogens (tertiary/aromatic N) is 1. The summed E-state index contributed by atoms with van der Waals surface area (Å²) in [6, 6.07) is 0. The van der Waals surface area contributed by atoms with Gasteiger partial charge >= 0.3 is 14.5 Å². The zero-order valence-electron chi connectivity index (χ0n) is 40.1. The van der Waals surface area contributed by atoms with Gasteiger partial charge in [-0.3, -0.25) is 4.79 Å². The number of rotatable bonds is 48. The van der Waals surface area contributed by atoms with Crippen LogP contribution in [-0.4, -0.2) is 76.9 Å². The fraction of sp³-hybridized carbons (Fsp3) is 0.980. The summed E-state index contributed by atoms with van der Waals surface area (Å²) in [4.78, 5) is 15.6. The van der Waals surface area contributed by atoms with E-state index in [-0.39, 0.29) is 24.8 Å². The molecule has 0 radical (unpaired) electrons. The van der Waals surface area contributed by atoms with E-state index in [0.29, 0.717) is 6.61 Å². The highest BCUT2D eigenvalue weighted by Crippen LogP contribution is 2.21. The molecule has 0 aromatic carbocycles. The van der Waals surface area contributed by atoms with Crippen molar-refractivity contribution in [1.29, 1.82) is 0 Å². The Morgan fingerprint density at radius 3 is 1.40 bits per heavy atom. The van der Waals surface area contributed by atoms with E-state index >= 15 is 0 Å². The molecule has 8 heteroatoms. The molecule has 7 nitrogen and oxygen atoms in total. The highest BCUT2D eigenvalue weighted by Gasteiger charge is 2.29. The molecule has 1 N–H and O–H groups in total. The van der Waals surface area contributed by atoms with Gasteiger partial charge in [0.2, 0.25) is 0 Å². The second-order valence-electron chi connectivity index (χ2n) is 18.0. The van der Waals surface area contributed by atoms with Crippen LogP contribution >= 0.6 is 0 Å². The molecule has 0 bridgehead atoms. The van der Waals surface area contributed by atoms with Gasteiger partial charge in [-0.2, -0.15) is 0 Å². The summed E-state index contributed by atoms with van der Waals surface area (Å²) in [7, 11) is -2.24. The molecule has 0 saturated carbocycles. The van der Waals surface area contributed by atoms with Crippen molar-refractivity contribution < 1.29 is 28.2 Å². The van der Waals surface area contributed by atoms with Gasteiger partial charge in [-0.1, -0.05) is 182 Å². The minimum absolute atomic E-state index is 0.0611. The third kappa shape index (κ3) is 39.6. The van der Waals surface area contributed by atoms with Crippen LogP contribution in [0.25, 0.3) is 0 Å². The lowest BCUT2D eigenvalue weighted by Crippen LogP contribution is -2.40. The van der Waals surface area contributed by atoms with E-state index in [0.717, 1.165) is 110 Å². The van der Waals surface area contributed by atoms with Crippen LogP contribution in [0.15, 0.2) is 0 Å². The van der Waals surface area contributed by atoms with Crippen molar-refractivity contribution in [3.8, 4) is 0 Å². The third-order valence-electron chi connectivity index (χ3n) is 11.7. The topological polar surface area (TPSA) is 77.5 Å². The predicted octanol–water partition coefficient (Wildman–Crippen LogP) is 14.9. The first-order chi connectivity index (χ1) is 28.3. The summed E-state index contributed by atoms with van der Waals surface area (Å²) in [6.07, 6.45) is 40.8. The summed E-state index contributed by atoms with van der Waals surface area (Å²) < 4.78 is 24.9. The smallest absolute Gasteiger partial charge is 0.333 e. The molecule has 0 aliphatic rings. The largest absolute Gasteiger partial charge is 0.465 e. The molecule has 0 rings (SSSR count). The van der Waals surface area contributed by atoms with Gasteiger partial charge in [0, 0.05) is 19.8 Å². The van der Waals surface area contributed by atoms with Crippen LogP contribution in [0, 0.1) is 5.92 Å². The monoisotopic (exact) mass is 842 g/mol. The van der Waals surface area contributed by atoms with Gasteiger partial charge in [-0.15, -0.1) is 0 Å². The number of hydrogen-bond acceptors (Lipinski definition) is 7. The van der Waals surface area contributed by atoms with Gasteiger partial charge < -0.3 is 28.3 Å². The number of hydrogen-bond donors (Lipinski definition) is 1. The first-order valence-corrected chi connectivity index (χ1v) is 28.6. The quantitative estimate of drug-likeness (QED) is 0.0283. The highest BCUT2D eigenvalue weighted by molar-refractivity contribution is 6.64. The molecule has 0 spiro atoms. The molecule has 0 aromatic rings. The first kappa shape index (κ1) is 57.5. The van der Waals surface area contributed by atoms with Crippen LogP contribution in [0.1, 0.15) is 246 Å². The average molecular weight is 842 g/mol. The molecule has 2 atom stereocenters. The van der Waals surface area contributed by atoms with Crippen molar-refractivity contribution in [3.05, 3.63) is 0 Å². The summed E-state index contributed by atoms with van der Waals surface area (Å²) in [6.45, 7) is 19.0. The SMILES string of the molecule is CCCCCCCCCCCCOC(CCC)O[Si](C)(C)OCCCCCCN(CCCCO)CCCCCCOC(=O)C(CCCCCC)CCCCCCCC. The van der Waals surface area contributed by atoms with Gasteiger partial charge in [0.25, 0.3) is 0 Å². The number of carbonyl (C=O) groups is 1. The number of carbonyl (C=O) groups excluding carboxylic acids is 1. The summed E-state index contributed by atoms with van der Waals surface area (Å²) >= 11 is 0. The van der Waals surface area contributed by atoms with Gasteiger partial charge in [0.1, 0.15) is 6.29 Å². The van der Waals surface area contributed by atoms with Crippen molar-refractivity contribution in [2.24, 2.45) is 5.92 Å². The lowest BCUT2D eigenvalue weighted by Gasteiger charge is -2.29. The van der Waals surface area contributed by atoms with Gasteiger partial charge in [0.05, 0.1) is 12.5 Å². The first-order valence-electron chi connectivity index (χ1n) is 25.8. The fourth-order valence-electron chi connectivity index (χ4n) is 7.91. The maximum atomic E-state index is 13.0. The van der Waals surface area contributed by atoms with Crippen LogP contribution in [0.5, 0.6) is 0 Å². The van der Waals surface area contributed by atoms with E-state index < -0.39 is 8.56 Å². The van der Waals surface area contributed by atoms with E-state index in [9.17, 15) is 9.90 Å². The molecule has 0 aliphatic heterocycles. The Kier molecular flexibility index (Phi) is 44.1. The Morgan fingerprint density at radius 1 is 0.483 bits per heavy atom. The number of ether oxygens (including phenoxy) is 2. The minimum Gasteiger partial charge on any atom is -0.465 e. The minimum atomic E-state index is -2.24. The van der Waals surface area contributed by atoms with Crippen molar-refractivity contribution in [1.82, 2.24) is 4.90 Å². The van der Waals surface area contributed by atoms with Crippen molar-refractivity contribution >= 4 is 14.5 Å². The summed E-state index contributed by atoms with van der Waals surface area (Å²) in [5.41, 5.74) is 0. The van der Waals surface area contributed by atoms with Crippen molar-refractivity contribution in [3.63, 3.8) is 0 Å². The van der Waals surface area contributed by atoms with Gasteiger partial charge in [0.15, 0.2) is 0 Å². The number of aliphatic hydroxyl groups is 1. The second kappa shape index (κ2) is 44.5. The van der Waals surface area contributed by atoms with E-state index in [1.54, 1.807) is 0 Å². The second-order valence-corrected chi connectivity index (χ2v) is 21.3. The zero-order chi connectivity index (χ0) is 42.6. The molecule has 0 amide bonds. The molecule has 0 aliphatic carbocycles. The third-order valence-corrected chi connectivity index (χ3v) is 13.4. The lowest BCUT2D eigenvalue weighted by atomic mass is 9.94. The van der Waals surface area contributed by atoms with Crippen LogP contribution in [0.2, 0.25) is 13.1 Å². The Morgan fingerprint density at radius 2 is 0.897 bits per heavy atom. The normalized spacial score (nSPS) is 13.1. The summed E-state index contributed by atoms with van der Waals surface area (Å²) in [5.74, 6) is 0.156. The average Bonchev–Trinajstić information content (AvgIpc) is 3.20. The number of aliphatic hydroxyl groups excluding tert-OH is 1. The standard InChI is InChI=1S/C50H103NO6Si/c1-7-11-14-17-19-20-21-22-26-35-45-54-49(38-10-4)57-58(5,6)56-47-37-28-25-32-42-51(43-33-34-44-52)41-31-24-27-36-46-55-50(53)48(39-29-16-13-9-3)40-30-23-18-15-12-8-2/h48-49,52H,7-47H2,1-6H3. The molecule has 58 heavy (non-hydrogen) atoms. The Hall–Kier alpha value is -0.513. The van der Waals surface area contributed by atoms with E-state index in [1.165, 1.54) is 141 Å². The molecule has 0 heterocycles. The van der Waals surface area contributed by atoms with Crippen LogP contribution in [-0.2, 0) is 23.1 Å². The maximum Gasteiger partial charge on any atom is 0.333 e. The zero-order valence-corrected chi connectivity index (χ0v) is 41.1. The van der Waals surface area contributed by atoms with Crippen LogP contribution in [0.4, 0.5) is 0 Å². The van der Waals surface area contributed by atoms with E-state index in [1.807, 2.05) is 0 Å². The number of esters is 1. The van der Waals surface area contributed by atoms with Crippen LogP contribution in [0.3, 0.4) is 0 Å². The van der Waals surface area contributed by atoms with Crippen molar-refractivity contribution in [2.75, 3.05) is 46.1 Å². The molecule has 2 unspecified atom stereocenters. The Labute approximate surface area is 363 Å². The van der Waals surface area contributed by atoms with Gasteiger partial charge in [-0.05, 0) is 96.9 Å². The van der Waals surface area contributed by atoms with Crippen LogP contribution < -0.4 is 0 Å². The summed E-state index contributed by atoms with van der Waals surface area (Å²) in [5, 5.41) is 9.35. The highest BCUT2D eigenvalue weighted by atomic mass is 28.4. The molecular weight excluding hydrogens is 739 g/mol. The van der Waals surface area contributed by atoms with Crippen molar-refractivity contribution in [2.45, 2.75) is 265 Å². The van der Waals surface area contributed by atoms with E-state index in [4.69, 9.17) is 18.3 Å². The Balaban J connectivity index is 4.27. The predicted molar refractivity (Wildman–Crippen MR) is 252 cm³/mol. The molecule has 0 fully saturated rings. The number of unbranched alkanes of at least 4 members (excludes halogenated alkanes) is 24. The fourth-order valence-corrected chi connectivity index (χ4v) is 9.43. The molecule has 0 saturated heterocycles. The Bertz CT molecular complexity index is 832. The van der Waals surface area contributed by atoms with Gasteiger partial charge in [-0.25, -0.2) is 0 Å². The molecule has 348 valence electrons. The van der Waals surface area contributed by atoms with E-state index in [2.05, 4.69) is 45.7 Å². The lowest BCUT2D eigenvalue weighted by molar-refractivity contribution is -0.149. The molecular formula is C50H103NO6Si.